The molecule has 1 aliphatic carbocycles. The van der Waals surface area contributed by atoms with Crippen molar-refractivity contribution in [3.05, 3.63) is 70.0 Å². The molecule has 2 aromatic carbocycles. The second-order valence-electron chi connectivity index (χ2n) is 7.23. The van der Waals surface area contributed by atoms with Gasteiger partial charge in [0.05, 0.1) is 10.9 Å². The highest BCUT2D eigenvalue weighted by Gasteiger charge is 2.21. The summed E-state index contributed by atoms with van der Waals surface area (Å²) in [5, 5.41) is 1.46. The van der Waals surface area contributed by atoms with E-state index < -0.39 is 5.91 Å². The molecule has 1 aliphatic rings. The highest BCUT2D eigenvalue weighted by molar-refractivity contribution is 7.98. The summed E-state index contributed by atoms with van der Waals surface area (Å²) in [7, 11) is 0. The van der Waals surface area contributed by atoms with Gasteiger partial charge in [0.25, 0.3) is 5.56 Å². The van der Waals surface area contributed by atoms with Crippen LogP contribution >= 0.6 is 11.8 Å². The minimum Gasteiger partial charge on any atom is -0.366 e. The molecule has 28 heavy (non-hydrogen) atoms. The fourth-order valence-electron chi connectivity index (χ4n) is 3.80. The molecule has 0 atom stereocenters. The number of fused-ring (bicyclic) bond motifs is 1. The van der Waals surface area contributed by atoms with Gasteiger partial charge in [0, 0.05) is 17.4 Å². The molecule has 0 bridgehead atoms. The van der Waals surface area contributed by atoms with Gasteiger partial charge in [-0.3, -0.25) is 14.2 Å². The van der Waals surface area contributed by atoms with E-state index in [0.717, 1.165) is 41.9 Å². The third-order valence-corrected chi connectivity index (χ3v) is 6.35. The van der Waals surface area contributed by atoms with Crippen LogP contribution in [0.15, 0.2) is 58.5 Å². The number of rotatable bonds is 5. The van der Waals surface area contributed by atoms with Crippen LogP contribution in [-0.4, -0.2) is 15.5 Å². The van der Waals surface area contributed by atoms with E-state index in [4.69, 9.17) is 10.7 Å². The quantitative estimate of drug-likeness (QED) is 0.518. The molecule has 0 aliphatic heterocycles. The highest BCUT2D eigenvalue weighted by Crippen LogP contribution is 2.32. The Morgan fingerprint density at radius 2 is 1.79 bits per heavy atom. The Morgan fingerprint density at radius 1 is 1.07 bits per heavy atom. The number of nitrogens with two attached hydrogens (primary N) is 1. The van der Waals surface area contributed by atoms with Gasteiger partial charge < -0.3 is 5.73 Å². The second kappa shape index (κ2) is 8.19. The molecule has 0 spiro atoms. The first-order valence-corrected chi connectivity index (χ1v) is 10.6. The van der Waals surface area contributed by atoms with Gasteiger partial charge in [-0.1, -0.05) is 55.3 Å². The summed E-state index contributed by atoms with van der Waals surface area (Å²) in [6.45, 7) is 0. The van der Waals surface area contributed by atoms with Gasteiger partial charge in [-0.05, 0) is 42.7 Å². The molecule has 4 rings (SSSR count). The van der Waals surface area contributed by atoms with Crippen LogP contribution in [-0.2, 0) is 5.75 Å². The molecule has 3 aromatic rings. The fraction of sp³-hybridized carbons (Fsp3) is 0.318. The summed E-state index contributed by atoms with van der Waals surface area (Å²) in [6, 6.07) is 15.1. The average molecular weight is 394 g/mol. The number of benzene rings is 2. The van der Waals surface area contributed by atoms with Crippen LogP contribution in [0, 0.1) is 0 Å². The summed E-state index contributed by atoms with van der Waals surface area (Å²) >= 11 is 1.57. The summed E-state index contributed by atoms with van der Waals surface area (Å²) in [5.74, 6) is 0.248. The number of hydrogen-bond acceptors (Lipinski definition) is 4. The second-order valence-corrected chi connectivity index (χ2v) is 8.17. The Labute approximate surface area is 168 Å². The first kappa shape index (κ1) is 18.7. The SMILES string of the molecule is NC(=O)c1ccc(CSc2nc3ccccc3c(=O)n2C2CCCCC2)cc1. The Bertz CT molecular complexity index is 1050. The zero-order chi connectivity index (χ0) is 19.5. The van der Waals surface area contributed by atoms with E-state index in [2.05, 4.69) is 0 Å². The molecule has 1 fully saturated rings. The minimum absolute atomic E-state index is 0.0593. The van der Waals surface area contributed by atoms with E-state index in [0.29, 0.717) is 16.7 Å². The number of thioether (sulfide) groups is 1. The van der Waals surface area contributed by atoms with Crippen molar-refractivity contribution >= 4 is 28.6 Å². The van der Waals surface area contributed by atoms with Crippen LogP contribution in [0.5, 0.6) is 0 Å². The number of nitrogens with zero attached hydrogens (tertiary/aromatic N) is 2. The Balaban J connectivity index is 1.68. The van der Waals surface area contributed by atoms with E-state index in [9.17, 15) is 9.59 Å². The van der Waals surface area contributed by atoms with E-state index >= 15 is 0 Å². The van der Waals surface area contributed by atoms with Gasteiger partial charge in [-0.2, -0.15) is 0 Å². The van der Waals surface area contributed by atoms with Crippen LogP contribution in [0.1, 0.15) is 54.1 Å². The van der Waals surface area contributed by atoms with Crippen molar-refractivity contribution in [1.29, 1.82) is 0 Å². The maximum absolute atomic E-state index is 13.2. The van der Waals surface area contributed by atoms with Gasteiger partial charge in [-0.15, -0.1) is 0 Å². The lowest BCUT2D eigenvalue weighted by atomic mass is 9.95. The molecule has 2 N–H and O–H groups in total. The fourth-order valence-corrected chi connectivity index (χ4v) is 4.82. The van der Waals surface area contributed by atoms with Crippen molar-refractivity contribution in [1.82, 2.24) is 9.55 Å². The van der Waals surface area contributed by atoms with Crippen molar-refractivity contribution in [2.75, 3.05) is 0 Å². The van der Waals surface area contributed by atoms with Crippen LogP contribution in [0.2, 0.25) is 0 Å². The van der Waals surface area contributed by atoms with Crippen molar-refractivity contribution in [2.45, 2.75) is 49.1 Å². The van der Waals surface area contributed by atoms with E-state index in [-0.39, 0.29) is 11.6 Å². The molecule has 0 unspecified atom stereocenters. The number of para-hydroxylation sites is 1. The summed E-state index contributed by atoms with van der Waals surface area (Å²) < 4.78 is 1.92. The van der Waals surface area contributed by atoms with E-state index in [1.54, 1.807) is 23.9 Å². The monoisotopic (exact) mass is 393 g/mol. The summed E-state index contributed by atoms with van der Waals surface area (Å²) in [6.07, 6.45) is 5.60. The molecule has 1 saturated carbocycles. The van der Waals surface area contributed by atoms with Gasteiger partial charge in [0.2, 0.25) is 5.91 Å². The normalized spacial score (nSPS) is 15.0. The molecule has 1 heterocycles. The molecule has 0 saturated heterocycles. The summed E-state index contributed by atoms with van der Waals surface area (Å²) in [5.41, 5.74) is 7.67. The van der Waals surface area contributed by atoms with Crippen molar-refractivity contribution in [3.63, 3.8) is 0 Å². The first-order chi connectivity index (χ1) is 13.6. The van der Waals surface area contributed by atoms with Crippen LogP contribution in [0.4, 0.5) is 0 Å². The van der Waals surface area contributed by atoms with E-state index in [1.165, 1.54) is 6.42 Å². The Hall–Kier alpha value is -2.60. The third-order valence-electron chi connectivity index (χ3n) is 5.32. The molecule has 1 aromatic heterocycles. The zero-order valence-electron chi connectivity index (χ0n) is 15.6. The zero-order valence-corrected chi connectivity index (χ0v) is 16.5. The molecule has 6 heteroatoms. The third kappa shape index (κ3) is 3.83. The smallest absolute Gasteiger partial charge is 0.262 e. The van der Waals surface area contributed by atoms with Crippen LogP contribution < -0.4 is 11.3 Å². The number of aromatic nitrogens is 2. The maximum Gasteiger partial charge on any atom is 0.262 e. The lowest BCUT2D eigenvalue weighted by Gasteiger charge is -2.26. The van der Waals surface area contributed by atoms with Crippen LogP contribution in [0.3, 0.4) is 0 Å². The van der Waals surface area contributed by atoms with Gasteiger partial charge in [-0.25, -0.2) is 4.98 Å². The number of carbonyl (C=O) groups excluding carboxylic acids is 1. The molecule has 1 amide bonds. The maximum atomic E-state index is 13.2. The number of hydrogen-bond donors (Lipinski definition) is 1. The van der Waals surface area contributed by atoms with Crippen molar-refractivity contribution in [3.8, 4) is 0 Å². The number of carbonyl (C=O) groups is 1. The summed E-state index contributed by atoms with van der Waals surface area (Å²) in [4.78, 5) is 29.3. The first-order valence-electron chi connectivity index (χ1n) is 9.66. The van der Waals surface area contributed by atoms with E-state index in [1.807, 2.05) is 41.0 Å². The molecular formula is C22H23N3O2S. The predicted octanol–water partition coefficient (Wildman–Crippen LogP) is 4.29. The largest absolute Gasteiger partial charge is 0.366 e. The van der Waals surface area contributed by atoms with Crippen molar-refractivity contribution < 1.29 is 4.79 Å². The average Bonchev–Trinajstić information content (AvgIpc) is 2.73. The molecular weight excluding hydrogens is 370 g/mol. The highest BCUT2D eigenvalue weighted by atomic mass is 32.2. The predicted molar refractivity (Wildman–Crippen MR) is 113 cm³/mol. The molecule has 144 valence electrons. The lowest BCUT2D eigenvalue weighted by molar-refractivity contribution is 0.100. The molecule has 0 radical (unpaired) electrons. The van der Waals surface area contributed by atoms with Gasteiger partial charge in [0.1, 0.15) is 0 Å². The Kier molecular flexibility index (Phi) is 5.48. The van der Waals surface area contributed by atoms with Crippen molar-refractivity contribution in [2.24, 2.45) is 5.73 Å². The molecule has 5 nitrogen and oxygen atoms in total. The topological polar surface area (TPSA) is 78.0 Å². The minimum atomic E-state index is -0.429. The Morgan fingerprint density at radius 3 is 2.50 bits per heavy atom. The number of amides is 1. The lowest BCUT2D eigenvalue weighted by Crippen LogP contribution is -2.29. The van der Waals surface area contributed by atoms with Gasteiger partial charge in [0.15, 0.2) is 5.16 Å². The van der Waals surface area contributed by atoms with Gasteiger partial charge >= 0.3 is 0 Å². The standard InChI is InChI=1S/C22H23N3O2S/c23-20(26)16-12-10-15(11-13-16)14-28-22-24-19-9-5-4-8-18(19)21(27)25(22)17-6-2-1-3-7-17/h4-5,8-13,17H,1-3,6-7,14H2,(H2,23,26). The number of primary amides is 1. The van der Waals surface area contributed by atoms with Crippen LogP contribution in [0.25, 0.3) is 10.9 Å².